The number of ether oxygens (including phenoxy) is 1. The van der Waals surface area contributed by atoms with Gasteiger partial charge >= 0.3 is 0 Å². The molecule has 0 unspecified atom stereocenters. The summed E-state index contributed by atoms with van der Waals surface area (Å²) in [6.45, 7) is 6.41. The van der Waals surface area contributed by atoms with Crippen LogP contribution in [0.5, 0.6) is 5.75 Å². The highest BCUT2D eigenvalue weighted by molar-refractivity contribution is 6.00. The third kappa shape index (κ3) is 4.26. The van der Waals surface area contributed by atoms with Crippen LogP contribution < -0.4 is 10.1 Å². The molecule has 158 valence electrons. The zero-order valence-electron chi connectivity index (χ0n) is 18.1. The number of allylic oxidation sites excluding steroid dienone is 1. The standard InChI is InChI=1S/C26H25NO4/c1-16-7-8-20(17(2)10-16)23-15-31-25-13-24(29-4)21(12-22(23)25)18(3)11-26(28)27-14-19-6-5-9-30-19/h5-13,15H,14H2,1-4H3,(H,27,28)/b18-11+. The van der Waals surface area contributed by atoms with Crippen molar-refractivity contribution in [3.8, 4) is 16.9 Å². The molecule has 5 nitrogen and oxygen atoms in total. The van der Waals surface area contributed by atoms with Gasteiger partial charge in [0.2, 0.25) is 5.91 Å². The molecule has 0 atom stereocenters. The maximum Gasteiger partial charge on any atom is 0.244 e. The van der Waals surface area contributed by atoms with E-state index in [0.29, 0.717) is 18.1 Å². The van der Waals surface area contributed by atoms with E-state index in [1.807, 2.05) is 25.1 Å². The Labute approximate surface area is 181 Å². The Hall–Kier alpha value is -3.73. The lowest BCUT2D eigenvalue weighted by atomic mass is 9.96. The Bertz CT molecular complexity index is 1260. The van der Waals surface area contributed by atoms with Gasteiger partial charge in [-0.1, -0.05) is 23.8 Å². The second kappa shape index (κ2) is 8.56. The van der Waals surface area contributed by atoms with Crippen LogP contribution in [-0.4, -0.2) is 13.0 Å². The highest BCUT2D eigenvalue weighted by Crippen LogP contribution is 2.38. The summed E-state index contributed by atoms with van der Waals surface area (Å²) in [5, 5.41) is 3.82. The van der Waals surface area contributed by atoms with Crippen LogP contribution >= 0.6 is 0 Å². The molecular weight excluding hydrogens is 390 g/mol. The van der Waals surface area contributed by atoms with E-state index in [2.05, 4.69) is 37.4 Å². The molecule has 2 aromatic heterocycles. The van der Waals surface area contributed by atoms with Crippen LogP contribution in [0.2, 0.25) is 0 Å². The van der Waals surface area contributed by atoms with Crippen LogP contribution in [0.25, 0.3) is 27.7 Å². The van der Waals surface area contributed by atoms with E-state index in [1.165, 1.54) is 11.1 Å². The van der Waals surface area contributed by atoms with Crippen LogP contribution in [0, 0.1) is 13.8 Å². The number of methoxy groups -OCH3 is 1. The lowest BCUT2D eigenvalue weighted by molar-refractivity contribution is -0.116. The van der Waals surface area contributed by atoms with Gasteiger partial charge in [-0.15, -0.1) is 0 Å². The first-order valence-electron chi connectivity index (χ1n) is 10.1. The largest absolute Gasteiger partial charge is 0.496 e. The van der Waals surface area contributed by atoms with Crippen molar-refractivity contribution in [2.75, 3.05) is 7.11 Å². The third-order valence-corrected chi connectivity index (χ3v) is 5.36. The number of nitrogens with one attached hydrogen (secondary N) is 1. The topological polar surface area (TPSA) is 64.6 Å². The van der Waals surface area contributed by atoms with E-state index in [-0.39, 0.29) is 5.91 Å². The molecule has 0 bridgehead atoms. The van der Waals surface area contributed by atoms with Crippen LogP contribution in [0.3, 0.4) is 0 Å². The molecule has 0 aliphatic carbocycles. The molecule has 4 aromatic rings. The van der Waals surface area contributed by atoms with Crippen molar-refractivity contribution in [3.63, 3.8) is 0 Å². The Kier molecular flexibility index (Phi) is 5.67. The zero-order chi connectivity index (χ0) is 22.0. The monoisotopic (exact) mass is 415 g/mol. The van der Waals surface area contributed by atoms with Crippen LogP contribution in [-0.2, 0) is 11.3 Å². The van der Waals surface area contributed by atoms with Gasteiger partial charge in [0.25, 0.3) is 0 Å². The summed E-state index contributed by atoms with van der Waals surface area (Å²) in [6.07, 6.45) is 4.94. The van der Waals surface area contributed by atoms with Crippen molar-refractivity contribution >= 4 is 22.4 Å². The van der Waals surface area contributed by atoms with E-state index in [1.54, 1.807) is 31.8 Å². The average Bonchev–Trinajstić information content (AvgIpc) is 3.41. The minimum atomic E-state index is -0.196. The second-order valence-electron chi connectivity index (χ2n) is 7.64. The first-order chi connectivity index (χ1) is 15.0. The van der Waals surface area contributed by atoms with Crippen molar-refractivity contribution in [2.45, 2.75) is 27.3 Å². The fourth-order valence-corrected chi connectivity index (χ4v) is 3.77. The Balaban J connectivity index is 1.70. The van der Waals surface area contributed by atoms with Gasteiger partial charge in [0.05, 0.1) is 26.2 Å². The quantitative estimate of drug-likeness (QED) is 0.390. The van der Waals surface area contributed by atoms with Crippen molar-refractivity contribution in [1.29, 1.82) is 0 Å². The van der Waals surface area contributed by atoms with Crippen molar-refractivity contribution in [3.05, 3.63) is 83.5 Å². The number of carbonyl (C=O) groups excluding carboxylic acids is 1. The lowest BCUT2D eigenvalue weighted by Crippen LogP contribution is -2.20. The summed E-state index contributed by atoms with van der Waals surface area (Å²) in [4.78, 5) is 12.4. The maximum absolute atomic E-state index is 12.4. The molecule has 0 saturated heterocycles. The molecule has 31 heavy (non-hydrogen) atoms. The number of hydrogen-bond donors (Lipinski definition) is 1. The molecule has 0 radical (unpaired) electrons. The molecule has 0 fully saturated rings. The summed E-state index contributed by atoms with van der Waals surface area (Å²) in [6, 6.07) is 13.9. The number of rotatable bonds is 6. The minimum absolute atomic E-state index is 0.196. The molecule has 2 heterocycles. The van der Waals surface area contributed by atoms with E-state index in [0.717, 1.165) is 33.2 Å². The summed E-state index contributed by atoms with van der Waals surface area (Å²) in [5.41, 5.74) is 6.93. The number of carbonyl (C=O) groups is 1. The Morgan fingerprint density at radius 3 is 2.65 bits per heavy atom. The maximum atomic E-state index is 12.4. The molecular formula is C26H25NO4. The van der Waals surface area contributed by atoms with Crippen molar-refractivity contribution in [1.82, 2.24) is 5.32 Å². The summed E-state index contributed by atoms with van der Waals surface area (Å²) in [7, 11) is 1.61. The molecule has 2 aromatic carbocycles. The van der Waals surface area contributed by atoms with E-state index < -0.39 is 0 Å². The normalized spacial score (nSPS) is 11.7. The van der Waals surface area contributed by atoms with Gasteiger partial charge in [-0.3, -0.25) is 4.79 Å². The van der Waals surface area contributed by atoms with Gasteiger partial charge in [0.1, 0.15) is 17.1 Å². The van der Waals surface area contributed by atoms with Gasteiger partial charge < -0.3 is 18.9 Å². The lowest BCUT2D eigenvalue weighted by Gasteiger charge is -2.11. The highest BCUT2D eigenvalue weighted by atomic mass is 16.5. The molecule has 0 saturated carbocycles. The third-order valence-electron chi connectivity index (χ3n) is 5.36. The summed E-state index contributed by atoms with van der Waals surface area (Å²) < 4.78 is 16.7. The number of furan rings is 2. The molecule has 0 spiro atoms. The second-order valence-corrected chi connectivity index (χ2v) is 7.64. The molecule has 5 heteroatoms. The van der Waals surface area contributed by atoms with E-state index >= 15 is 0 Å². The number of aryl methyl sites for hydroxylation is 2. The molecule has 1 amide bonds. The molecule has 1 N–H and O–H groups in total. The first kappa shape index (κ1) is 20.5. The predicted octanol–water partition coefficient (Wildman–Crippen LogP) is 6.04. The molecule has 0 aliphatic rings. The minimum Gasteiger partial charge on any atom is -0.496 e. The van der Waals surface area contributed by atoms with E-state index in [9.17, 15) is 4.79 Å². The van der Waals surface area contributed by atoms with Gasteiger partial charge in [0, 0.05) is 28.7 Å². The van der Waals surface area contributed by atoms with Crippen LogP contribution in [0.1, 0.15) is 29.4 Å². The predicted molar refractivity (Wildman–Crippen MR) is 122 cm³/mol. The number of fused-ring (bicyclic) bond motifs is 1. The number of amides is 1. The Morgan fingerprint density at radius 2 is 1.94 bits per heavy atom. The summed E-state index contributed by atoms with van der Waals surface area (Å²) >= 11 is 0. The van der Waals surface area contributed by atoms with Crippen molar-refractivity contribution in [2.24, 2.45) is 0 Å². The fourth-order valence-electron chi connectivity index (χ4n) is 3.77. The summed E-state index contributed by atoms with van der Waals surface area (Å²) in [5.74, 6) is 1.16. The highest BCUT2D eigenvalue weighted by Gasteiger charge is 2.16. The van der Waals surface area contributed by atoms with Gasteiger partial charge in [0.15, 0.2) is 0 Å². The average molecular weight is 415 g/mol. The van der Waals surface area contributed by atoms with Gasteiger partial charge in [-0.2, -0.15) is 0 Å². The molecule has 4 rings (SSSR count). The smallest absolute Gasteiger partial charge is 0.244 e. The first-order valence-corrected chi connectivity index (χ1v) is 10.1. The van der Waals surface area contributed by atoms with Crippen molar-refractivity contribution < 1.29 is 18.4 Å². The SMILES string of the molecule is COc1cc2occ(-c3ccc(C)cc3C)c2cc1/C(C)=C/C(=O)NCc1ccco1. The number of benzene rings is 2. The van der Waals surface area contributed by atoms with Crippen LogP contribution in [0.15, 0.2) is 69.9 Å². The van der Waals surface area contributed by atoms with Gasteiger partial charge in [-0.05, 0) is 55.7 Å². The van der Waals surface area contributed by atoms with Gasteiger partial charge in [-0.25, -0.2) is 0 Å². The Morgan fingerprint density at radius 1 is 1.10 bits per heavy atom. The fraction of sp³-hybridized carbons (Fsp3) is 0.192. The van der Waals surface area contributed by atoms with Crippen LogP contribution in [0.4, 0.5) is 0 Å². The number of hydrogen-bond acceptors (Lipinski definition) is 4. The zero-order valence-corrected chi connectivity index (χ0v) is 18.1. The van der Waals surface area contributed by atoms with E-state index in [4.69, 9.17) is 13.6 Å². The molecule has 0 aliphatic heterocycles.